The quantitative estimate of drug-likeness (QED) is 0.237. The van der Waals surface area contributed by atoms with E-state index in [2.05, 4.69) is 0 Å². The summed E-state index contributed by atoms with van der Waals surface area (Å²) in [4.78, 5) is 48.8. The molecule has 0 N–H and O–H groups in total. The van der Waals surface area contributed by atoms with Crippen LogP contribution in [0.4, 0.5) is 17.1 Å². The van der Waals surface area contributed by atoms with Crippen molar-refractivity contribution in [3.05, 3.63) is 82.1 Å². The van der Waals surface area contributed by atoms with Crippen molar-refractivity contribution in [1.82, 2.24) is 0 Å². The lowest BCUT2D eigenvalue weighted by Crippen LogP contribution is -2.34. The molecule has 152 valence electrons. The number of allylic oxidation sites excluding steroid dienone is 3. The number of esters is 1. The number of carbonyl (C=O) groups excluding carboxylic acids is 3. The van der Waals surface area contributed by atoms with E-state index in [1.54, 1.807) is 24.1 Å². The third-order valence-corrected chi connectivity index (χ3v) is 4.55. The summed E-state index contributed by atoms with van der Waals surface area (Å²) in [5.74, 6) is -3.75. The number of hydrogen-bond acceptors (Lipinski definition) is 7. The zero-order chi connectivity index (χ0) is 21.8. The smallest absolute Gasteiger partial charge is 0.329 e. The second kappa shape index (κ2) is 8.52. The fourth-order valence-electron chi connectivity index (χ4n) is 3.04. The summed E-state index contributed by atoms with van der Waals surface area (Å²) in [5.41, 5.74) is 1.38. The van der Waals surface area contributed by atoms with Gasteiger partial charge in [0.2, 0.25) is 0 Å². The van der Waals surface area contributed by atoms with Crippen molar-refractivity contribution < 1.29 is 24.0 Å². The first-order valence-electron chi connectivity index (χ1n) is 9.01. The number of anilines is 2. The topological polar surface area (TPSA) is 107 Å². The van der Waals surface area contributed by atoms with Crippen LogP contribution in [-0.4, -0.2) is 29.5 Å². The molecule has 3 rings (SSSR count). The molecule has 1 aliphatic heterocycles. The molecule has 1 unspecified atom stereocenters. The predicted molar refractivity (Wildman–Crippen MR) is 110 cm³/mol. The van der Waals surface area contributed by atoms with Crippen molar-refractivity contribution in [3.8, 4) is 0 Å². The van der Waals surface area contributed by atoms with Gasteiger partial charge in [0.15, 0.2) is 17.5 Å². The van der Waals surface area contributed by atoms with Gasteiger partial charge in [0.05, 0.1) is 4.92 Å². The van der Waals surface area contributed by atoms with Gasteiger partial charge in [-0.2, -0.15) is 0 Å². The number of ether oxygens (including phenoxy) is 1. The van der Waals surface area contributed by atoms with Crippen LogP contribution in [0.2, 0.25) is 0 Å². The first kappa shape index (κ1) is 20.7. The summed E-state index contributed by atoms with van der Waals surface area (Å²) in [5, 5.41) is 11.6. The van der Waals surface area contributed by atoms with E-state index < -0.39 is 28.4 Å². The monoisotopic (exact) mass is 406 g/mol. The molecule has 8 heteroatoms. The highest BCUT2D eigenvalue weighted by Crippen LogP contribution is 2.33. The van der Waals surface area contributed by atoms with Gasteiger partial charge in [-0.1, -0.05) is 30.3 Å². The highest BCUT2D eigenvalue weighted by Gasteiger charge is 2.36. The zero-order valence-corrected chi connectivity index (χ0v) is 16.3. The van der Waals surface area contributed by atoms with Gasteiger partial charge in [0, 0.05) is 24.9 Å². The lowest BCUT2D eigenvalue weighted by Gasteiger charge is -2.19. The Morgan fingerprint density at radius 2 is 1.87 bits per heavy atom. The third kappa shape index (κ3) is 4.33. The predicted octanol–water partition coefficient (Wildman–Crippen LogP) is 3.59. The molecule has 30 heavy (non-hydrogen) atoms. The number of nitro groups is 1. The first-order chi connectivity index (χ1) is 14.3. The van der Waals surface area contributed by atoms with Crippen LogP contribution in [0.25, 0.3) is 6.08 Å². The van der Waals surface area contributed by atoms with Gasteiger partial charge in [-0.15, -0.1) is 0 Å². The maximum absolute atomic E-state index is 12.3. The number of para-hydroxylation sites is 1. The number of benzene rings is 2. The summed E-state index contributed by atoms with van der Waals surface area (Å²) in [6.45, 7) is 1.44. The van der Waals surface area contributed by atoms with Gasteiger partial charge < -0.3 is 9.64 Å². The van der Waals surface area contributed by atoms with E-state index in [9.17, 15) is 24.5 Å². The number of hydrogen-bond donors (Lipinski definition) is 0. The molecule has 1 atom stereocenters. The molecule has 0 saturated carbocycles. The van der Waals surface area contributed by atoms with Crippen molar-refractivity contribution >= 4 is 40.7 Å². The van der Waals surface area contributed by atoms with Crippen LogP contribution < -0.4 is 4.90 Å². The van der Waals surface area contributed by atoms with Gasteiger partial charge in [-0.25, -0.2) is 0 Å². The number of ketones is 2. The Bertz CT molecular complexity index is 1090. The van der Waals surface area contributed by atoms with Crippen LogP contribution in [0.1, 0.15) is 12.5 Å². The number of cyclic esters (lactones) is 1. The molecular weight excluding hydrogens is 388 g/mol. The van der Waals surface area contributed by atoms with E-state index in [0.29, 0.717) is 11.3 Å². The summed E-state index contributed by atoms with van der Waals surface area (Å²) < 4.78 is 4.83. The van der Waals surface area contributed by atoms with E-state index in [-0.39, 0.29) is 11.4 Å². The van der Waals surface area contributed by atoms with Crippen LogP contribution in [0.3, 0.4) is 0 Å². The third-order valence-electron chi connectivity index (χ3n) is 4.55. The molecule has 0 bridgehead atoms. The lowest BCUT2D eigenvalue weighted by molar-refractivity contribution is -0.384. The fourth-order valence-corrected chi connectivity index (χ4v) is 3.04. The number of nitrogens with zero attached hydrogens (tertiary/aromatic N) is 2. The largest absolute Gasteiger partial charge is 0.430 e. The van der Waals surface area contributed by atoms with Gasteiger partial charge >= 0.3 is 5.97 Å². The van der Waals surface area contributed by atoms with E-state index >= 15 is 0 Å². The van der Waals surface area contributed by atoms with Crippen molar-refractivity contribution in [3.63, 3.8) is 0 Å². The average molecular weight is 406 g/mol. The summed E-state index contributed by atoms with van der Waals surface area (Å²) in [6, 6.07) is 13.7. The maximum atomic E-state index is 12.3. The molecule has 2 aromatic rings. The van der Waals surface area contributed by atoms with E-state index in [1.807, 2.05) is 30.3 Å². The van der Waals surface area contributed by atoms with Crippen molar-refractivity contribution in [2.75, 3.05) is 11.9 Å². The Kier molecular flexibility index (Phi) is 5.87. The number of nitro benzene ring substituents is 1. The Balaban J connectivity index is 1.86. The van der Waals surface area contributed by atoms with Gasteiger partial charge in [0.1, 0.15) is 11.4 Å². The molecule has 8 nitrogen and oxygen atoms in total. The Hall–Kier alpha value is -4.07. The molecule has 0 amide bonds. The average Bonchev–Trinajstić information content (AvgIpc) is 2.71. The minimum Gasteiger partial charge on any atom is -0.430 e. The van der Waals surface area contributed by atoms with Gasteiger partial charge in [-0.05, 0) is 36.8 Å². The zero-order valence-electron chi connectivity index (χ0n) is 16.3. The fraction of sp³-hybridized carbons (Fsp3) is 0.136. The number of rotatable bonds is 6. The van der Waals surface area contributed by atoms with Crippen LogP contribution >= 0.6 is 0 Å². The Labute approximate surface area is 172 Å². The van der Waals surface area contributed by atoms with Crippen LogP contribution in [0.5, 0.6) is 0 Å². The number of carbonyl (C=O) groups is 3. The van der Waals surface area contributed by atoms with E-state index in [4.69, 9.17) is 4.74 Å². The Morgan fingerprint density at radius 1 is 1.17 bits per heavy atom. The molecule has 0 fully saturated rings. The van der Waals surface area contributed by atoms with Crippen LogP contribution in [-0.2, 0) is 19.1 Å². The molecule has 1 aliphatic rings. The molecule has 0 aliphatic carbocycles. The van der Waals surface area contributed by atoms with Crippen molar-refractivity contribution in [2.45, 2.75) is 6.92 Å². The van der Waals surface area contributed by atoms with E-state index in [0.717, 1.165) is 17.8 Å². The second-order valence-corrected chi connectivity index (χ2v) is 6.65. The van der Waals surface area contributed by atoms with Gasteiger partial charge in [-0.3, -0.25) is 24.5 Å². The maximum Gasteiger partial charge on any atom is 0.329 e. The highest BCUT2D eigenvalue weighted by atomic mass is 16.6. The molecule has 0 saturated heterocycles. The first-order valence-corrected chi connectivity index (χ1v) is 9.01. The van der Waals surface area contributed by atoms with Gasteiger partial charge in [0.25, 0.3) is 5.69 Å². The molecule has 0 aromatic heterocycles. The van der Waals surface area contributed by atoms with Crippen molar-refractivity contribution in [1.29, 1.82) is 0 Å². The highest BCUT2D eigenvalue weighted by molar-refractivity contribution is 6.25. The SMILES string of the molecule is CC1=CC(=O)C(C(=O)/C=C/c2ccc(N(C)c3ccccc3)c([N+](=O)[O-])c2)C(=O)O1. The molecule has 2 aromatic carbocycles. The standard InChI is InChI=1S/C22H18N2O6/c1-14-12-20(26)21(22(27)30-14)19(25)11-9-15-8-10-17(18(13-15)24(28)29)23(2)16-6-4-3-5-7-16/h3-13,21H,1-2H3/b11-9+. The normalized spacial score (nSPS) is 16.2. The summed E-state index contributed by atoms with van der Waals surface area (Å²) in [6.07, 6.45) is 3.47. The minimum atomic E-state index is -1.55. The lowest BCUT2D eigenvalue weighted by atomic mass is 9.96. The molecule has 1 heterocycles. The van der Waals surface area contributed by atoms with Crippen molar-refractivity contribution in [2.24, 2.45) is 5.92 Å². The van der Waals surface area contributed by atoms with E-state index in [1.165, 1.54) is 19.1 Å². The second-order valence-electron chi connectivity index (χ2n) is 6.65. The van der Waals surface area contributed by atoms with Crippen LogP contribution in [0, 0.1) is 16.0 Å². The minimum absolute atomic E-state index is 0.131. The van der Waals surface area contributed by atoms with Crippen LogP contribution in [0.15, 0.2) is 66.4 Å². The summed E-state index contributed by atoms with van der Waals surface area (Å²) >= 11 is 0. The summed E-state index contributed by atoms with van der Waals surface area (Å²) in [7, 11) is 1.71. The Morgan fingerprint density at radius 3 is 2.50 bits per heavy atom. The molecule has 0 spiro atoms. The molecule has 0 radical (unpaired) electrons. The molecular formula is C22H18N2O6.